The molecule has 0 bridgehead atoms. The number of alkyl halides is 3. The number of ketones is 1. The molecule has 0 saturated carbocycles. The van der Waals surface area contributed by atoms with Crippen molar-refractivity contribution in [2.24, 2.45) is 5.73 Å². The van der Waals surface area contributed by atoms with E-state index in [4.69, 9.17) is 11.1 Å². The Morgan fingerprint density at radius 1 is 1.20 bits per heavy atom. The van der Waals surface area contributed by atoms with Gasteiger partial charge in [0.1, 0.15) is 5.84 Å². The number of nitrogens with two attached hydrogens (primary N) is 1. The van der Waals surface area contributed by atoms with Gasteiger partial charge >= 0.3 is 6.18 Å². The minimum atomic E-state index is -4.95. The van der Waals surface area contributed by atoms with Crippen molar-refractivity contribution in [1.82, 2.24) is 0 Å². The van der Waals surface area contributed by atoms with Crippen LogP contribution in [-0.2, 0) is 0 Å². The van der Waals surface area contributed by atoms with E-state index in [2.05, 4.69) is 0 Å². The molecule has 6 heteroatoms. The SMILES string of the molecule is N=C(N)c1ccccc1C(=O)C(F)(F)F. The van der Waals surface area contributed by atoms with E-state index in [9.17, 15) is 18.0 Å². The monoisotopic (exact) mass is 216 g/mol. The number of benzene rings is 1. The van der Waals surface area contributed by atoms with Crippen LogP contribution in [0.2, 0.25) is 0 Å². The van der Waals surface area contributed by atoms with Gasteiger partial charge in [0.2, 0.25) is 0 Å². The van der Waals surface area contributed by atoms with Crippen LogP contribution in [0.3, 0.4) is 0 Å². The molecule has 1 aromatic rings. The lowest BCUT2D eigenvalue weighted by atomic mass is 10.0. The zero-order chi connectivity index (χ0) is 11.6. The van der Waals surface area contributed by atoms with E-state index in [0.717, 1.165) is 6.07 Å². The maximum atomic E-state index is 12.1. The molecule has 1 aromatic carbocycles. The van der Waals surface area contributed by atoms with Crippen LogP contribution >= 0.6 is 0 Å². The predicted molar refractivity (Wildman–Crippen MR) is 47.8 cm³/mol. The average molecular weight is 216 g/mol. The molecule has 0 radical (unpaired) electrons. The van der Waals surface area contributed by atoms with Crippen molar-refractivity contribution in [2.75, 3.05) is 0 Å². The third-order valence-corrected chi connectivity index (χ3v) is 1.72. The van der Waals surface area contributed by atoms with E-state index < -0.39 is 23.4 Å². The first-order valence-electron chi connectivity index (χ1n) is 3.89. The molecular weight excluding hydrogens is 209 g/mol. The van der Waals surface area contributed by atoms with Gasteiger partial charge in [-0.3, -0.25) is 10.2 Å². The van der Waals surface area contributed by atoms with Crippen molar-refractivity contribution in [3.63, 3.8) is 0 Å². The van der Waals surface area contributed by atoms with Gasteiger partial charge in [-0.15, -0.1) is 0 Å². The van der Waals surface area contributed by atoms with Gasteiger partial charge in [0.15, 0.2) is 0 Å². The zero-order valence-corrected chi connectivity index (χ0v) is 7.43. The number of rotatable bonds is 2. The largest absolute Gasteiger partial charge is 0.454 e. The molecule has 0 unspecified atom stereocenters. The summed E-state index contributed by atoms with van der Waals surface area (Å²) in [5, 5.41) is 7.03. The van der Waals surface area contributed by atoms with Crippen LogP contribution in [0.15, 0.2) is 24.3 Å². The van der Waals surface area contributed by atoms with Crippen molar-refractivity contribution in [3.05, 3.63) is 35.4 Å². The number of carbonyl (C=O) groups is 1. The molecule has 0 saturated heterocycles. The molecule has 0 amide bonds. The fourth-order valence-corrected chi connectivity index (χ4v) is 1.07. The highest BCUT2D eigenvalue weighted by atomic mass is 19.4. The summed E-state index contributed by atoms with van der Waals surface area (Å²) in [5.74, 6) is -2.56. The molecule has 0 spiro atoms. The highest BCUT2D eigenvalue weighted by Crippen LogP contribution is 2.23. The Morgan fingerprint density at radius 2 is 1.67 bits per heavy atom. The summed E-state index contributed by atoms with van der Waals surface area (Å²) in [5.41, 5.74) is 4.25. The summed E-state index contributed by atoms with van der Waals surface area (Å²) in [7, 11) is 0. The Bertz CT molecular complexity index is 412. The second kappa shape index (κ2) is 3.72. The zero-order valence-electron chi connectivity index (χ0n) is 7.43. The Morgan fingerprint density at radius 3 is 2.07 bits per heavy atom. The molecule has 0 fully saturated rings. The third kappa shape index (κ3) is 2.34. The van der Waals surface area contributed by atoms with Crippen LogP contribution in [-0.4, -0.2) is 17.8 Å². The molecule has 0 atom stereocenters. The Balaban J connectivity index is 3.26. The fourth-order valence-electron chi connectivity index (χ4n) is 1.07. The van der Waals surface area contributed by atoms with Crippen molar-refractivity contribution < 1.29 is 18.0 Å². The lowest BCUT2D eigenvalue weighted by Crippen LogP contribution is -2.26. The normalized spacial score (nSPS) is 11.1. The summed E-state index contributed by atoms with van der Waals surface area (Å²) >= 11 is 0. The minimum Gasteiger partial charge on any atom is -0.384 e. The van der Waals surface area contributed by atoms with E-state index >= 15 is 0 Å². The van der Waals surface area contributed by atoms with E-state index in [1.54, 1.807) is 0 Å². The minimum absolute atomic E-state index is 0.208. The number of hydrogen-bond acceptors (Lipinski definition) is 2. The molecule has 1 rings (SSSR count). The third-order valence-electron chi connectivity index (χ3n) is 1.72. The van der Waals surface area contributed by atoms with Crippen molar-refractivity contribution in [3.8, 4) is 0 Å². The Labute approximate surface area is 83.2 Å². The van der Waals surface area contributed by atoms with Gasteiger partial charge in [-0.05, 0) is 0 Å². The van der Waals surface area contributed by atoms with Crippen molar-refractivity contribution in [1.29, 1.82) is 5.41 Å². The molecule has 0 aliphatic rings. The summed E-state index contributed by atoms with van der Waals surface area (Å²) in [4.78, 5) is 10.9. The predicted octanol–water partition coefficient (Wildman–Crippen LogP) is 1.72. The van der Waals surface area contributed by atoms with Crippen LogP contribution in [0.1, 0.15) is 15.9 Å². The van der Waals surface area contributed by atoms with Gasteiger partial charge in [-0.25, -0.2) is 0 Å². The second-order valence-electron chi connectivity index (χ2n) is 2.79. The van der Waals surface area contributed by atoms with Gasteiger partial charge in [-0.1, -0.05) is 24.3 Å². The first kappa shape index (κ1) is 11.2. The number of Topliss-reactive ketones (excluding diaryl/α,β-unsaturated/α-hetero) is 1. The number of hydrogen-bond donors (Lipinski definition) is 2. The standard InChI is InChI=1S/C9H7F3N2O/c10-9(11,12)7(15)5-3-1-2-4-6(5)8(13)14/h1-4H,(H3,13,14). The molecule has 15 heavy (non-hydrogen) atoms. The average Bonchev–Trinajstić information content (AvgIpc) is 2.15. The van der Waals surface area contributed by atoms with E-state index in [1.807, 2.05) is 0 Å². The van der Waals surface area contributed by atoms with Gasteiger partial charge in [0.05, 0.1) is 0 Å². The van der Waals surface area contributed by atoms with Crippen LogP contribution in [0, 0.1) is 5.41 Å². The fraction of sp³-hybridized carbons (Fsp3) is 0.111. The Hall–Kier alpha value is -1.85. The van der Waals surface area contributed by atoms with Crippen LogP contribution in [0.5, 0.6) is 0 Å². The van der Waals surface area contributed by atoms with Gasteiger partial charge in [0.25, 0.3) is 5.78 Å². The number of amidine groups is 1. The Kier molecular flexibility index (Phi) is 2.78. The molecule has 3 nitrogen and oxygen atoms in total. The lowest BCUT2D eigenvalue weighted by Gasteiger charge is -2.08. The summed E-state index contributed by atoms with van der Waals surface area (Å²) in [6.07, 6.45) is -4.95. The molecular formula is C9H7F3N2O. The maximum Gasteiger partial charge on any atom is 0.454 e. The van der Waals surface area contributed by atoms with Crippen LogP contribution in [0.4, 0.5) is 13.2 Å². The number of halogens is 3. The molecule has 0 aromatic heterocycles. The van der Waals surface area contributed by atoms with E-state index in [1.165, 1.54) is 18.2 Å². The first-order valence-corrected chi connectivity index (χ1v) is 3.89. The van der Waals surface area contributed by atoms with Gasteiger partial charge < -0.3 is 5.73 Å². The first-order chi connectivity index (χ1) is 6.84. The molecule has 80 valence electrons. The highest BCUT2D eigenvalue weighted by molar-refractivity contribution is 6.10. The molecule has 0 heterocycles. The van der Waals surface area contributed by atoms with Crippen LogP contribution < -0.4 is 5.73 Å². The molecule has 3 N–H and O–H groups in total. The van der Waals surface area contributed by atoms with Crippen LogP contribution in [0.25, 0.3) is 0 Å². The van der Waals surface area contributed by atoms with Crippen molar-refractivity contribution in [2.45, 2.75) is 6.18 Å². The molecule has 0 aliphatic heterocycles. The second-order valence-corrected chi connectivity index (χ2v) is 2.79. The number of nitrogen functional groups attached to an aromatic ring is 1. The van der Waals surface area contributed by atoms with Gasteiger partial charge in [0, 0.05) is 11.1 Å². The van der Waals surface area contributed by atoms with E-state index in [-0.39, 0.29) is 5.56 Å². The smallest absolute Gasteiger partial charge is 0.384 e. The van der Waals surface area contributed by atoms with Gasteiger partial charge in [-0.2, -0.15) is 13.2 Å². The topological polar surface area (TPSA) is 66.9 Å². The summed E-state index contributed by atoms with van der Waals surface area (Å²) in [6.45, 7) is 0. The summed E-state index contributed by atoms with van der Waals surface area (Å²) < 4.78 is 36.4. The van der Waals surface area contributed by atoms with Crippen molar-refractivity contribution >= 4 is 11.6 Å². The summed E-state index contributed by atoms with van der Waals surface area (Å²) in [6, 6.07) is 4.88. The highest BCUT2D eigenvalue weighted by Gasteiger charge is 2.40. The number of carbonyl (C=O) groups excluding carboxylic acids is 1. The quantitative estimate of drug-likeness (QED) is 0.449. The lowest BCUT2D eigenvalue weighted by molar-refractivity contribution is -0.0885. The maximum absolute atomic E-state index is 12.1. The molecule has 0 aliphatic carbocycles. The van der Waals surface area contributed by atoms with E-state index in [0.29, 0.717) is 0 Å². The number of nitrogens with one attached hydrogen (secondary N) is 1.